The van der Waals surface area contributed by atoms with Gasteiger partial charge in [0, 0.05) is 0 Å². The standard InChI is InChI=1S/C9H10FNO3S/c1-6-4-3-5-7(8(6)10)9(12)11-15(2,13)14/h3-5H,1-2H3,(H,11,12). The third kappa shape index (κ3) is 3.02. The van der Waals surface area contributed by atoms with Crippen molar-refractivity contribution in [3.63, 3.8) is 0 Å². The highest BCUT2D eigenvalue weighted by Crippen LogP contribution is 2.11. The molecule has 1 aromatic carbocycles. The first-order valence-corrected chi connectivity index (χ1v) is 5.97. The average Bonchev–Trinajstić information content (AvgIpc) is 2.06. The van der Waals surface area contributed by atoms with Crippen LogP contribution in [0.15, 0.2) is 18.2 Å². The number of hydrogen-bond acceptors (Lipinski definition) is 3. The number of rotatable bonds is 2. The number of nitrogens with one attached hydrogen (secondary N) is 1. The van der Waals surface area contributed by atoms with Crippen molar-refractivity contribution in [2.45, 2.75) is 6.92 Å². The van der Waals surface area contributed by atoms with Gasteiger partial charge in [-0.3, -0.25) is 4.79 Å². The molecule has 1 N–H and O–H groups in total. The maximum absolute atomic E-state index is 13.4. The van der Waals surface area contributed by atoms with Crippen LogP contribution in [0, 0.1) is 12.7 Å². The molecule has 0 bridgehead atoms. The molecule has 0 atom stereocenters. The molecule has 6 heteroatoms. The fourth-order valence-electron chi connectivity index (χ4n) is 1.05. The van der Waals surface area contributed by atoms with Gasteiger partial charge in [-0.1, -0.05) is 12.1 Å². The van der Waals surface area contributed by atoms with Gasteiger partial charge in [0.25, 0.3) is 5.91 Å². The Bertz CT molecular complexity index is 496. The van der Waals surface area contributed by atoms with Crippen molar-refractivity contribution < 1.29 is 17.6 Å². The molecule has 1 aromatic rings. The third-order valence-electron chi connectivity index (χ3n) is 1.71. The van der Waals surface area contributed by atoms with Crippen molar-refractivity contribution in [1.29, 1.82) is 0 Å². The lowest BCUT2D eigenvalue weighted by Gasteiger charge is -2.05. The van der Waals surface area contributed by atoms with Crippen LogP contribution in [0.25, 0.3) is 0 Å². The fraction of sp³-hybridized carbons (Fsp3) is 0.222. The lowest BCUT2D eigenvalue weighted by atomic mass is 10.1. The van der Waals surface area contributed by atoms with E-state index >= 15 is 0 Å². The Morgan fingerprint density at radius 1 is 1.40 bits per heavy atom. The second kappa shape index (κ2) is 3.98. The molecule has 0 aliphatic heterocycles. The van der Waals surface area contributed by atoms with E-state index in [0.717, 1.165) is 6.26 Å². The van der Waals surface area contributed by atoms with Crippen molar-refractivity contribution in [3.8, 4) is 0 Å². The quantitative estimate of drug-likeness (QED) is 0.819. The monoisotopic (exact) mass is 231 g/mol. The predicted octanol–water partition coefficient (Wildman–Crippen LogP) is 0.824. The molecule has 0 aliphatic carbocycles. The molecule has 15 heavy (non-hydrogen) atoms. The number of aryl methyl sites for hydroxylation is 1. The maximum atomic E-state index is 13.4. The van der Waals surface area contributed by atoms with Gasteiger partial charge in [-0.05, 0) is 18.6 Å². The van der Waals surface area contributed by atoms with E-state index in [9.17, 15) is 17.6 Å². The van der Waals surface area contributed by atoms with E-state index in [1.807, 2.05) is 0 Å². The van der Waals surface area contributed by atoms with Crippen LogP contribution in [0.5, 0.6) is 0 Å². The first-order chi connectivity index (χ1) is 6.81. The van der Waals surface area contributed by atoms with Crippen LogP contribution < -0.4 is 4.72 Å². The van der Waals surface area contributed by atoms with E-state index in [-0.39, 0.29) is 11.1 Å². The highest BCUT2D eigenvalue weighted by Gasteiger charge is 2.16. The van der Waals surface area contributed by atoms with Gasteiger partial charge in [0.15, 0.2) is 0 Å². The Balaban J connectivity index is 3.08. The molecule has 0 saturated carbocycles. The zero-order chi connectivity index (χ0) is 11.6. The Morgan fingerprint density at radius 2 is 2.00 bits per heavy atom. The van der Waals surface area contributed by atoms with Gasteiger partial charge in [0.1, 0.15) is 5.82 Å². The minimum Gasteiger partial charge on any atom is -0.268 e. The Kier molecular flexibility index (Phi) is 3.09. The summed E-state index contributed by atoms with van der Waals surface area (Å²) < 4.78 is 36.6. The van der Waals surface area contributed by atoms with Crippen LogP contribution in [0.4, 0.5) is 4.39 Å². The number of hydrogen-bond donors (Lipinski definition) is 1. The van der Waals surface area contributed by atoms with Crippen molar-refractivity contribution in [2.24, 2.45) is 0 Å². The number of carbonyl (C=O) groups is 1. The van der Waals surface area contributed by atoms with Crippen LogP contribution in [-0.2, 0) is 10.0 Å². The summed E-state index contributed by atoms with van der Waals surface area (Å²) in [5.41, 5.74) is 0.0107. The lowest BCUT2D eigenvalue weighted by molar-refractivity contribution is 0.0977. The van der Waals surface area contributed by atoms with Crippen molar-refractivity contribution in [2.75, 3.05) is 6.26 Å². The fourth-order valence-corrected chi connectivity index (χ4v) is 1.49. The second-order valence-electron chi connectivity index (χ2n) is 3.14. The summed E-state index contributed by atoms with van der Waals surface area (Å²) >= 11 is 0. The number of sulfonamides is 1. The number of halogens is 1. The Labute approximate surface area is 87.2 Å². The van der Waals surface area contributed by atoms with Crippen LogP contribution in [0.1, 0.15) is 15.9 Å². The third-order valence-corrected chi connectivity index (χ3v) is 2.27. The van der Waals surface area contributed by atoms with Crippen LogP contribution >= 0.6 is 0 Å². The van der Waals surface area contributed by atoms with Gasteiger partial charge < -0.3 is 0 Å². The van der Waals surface area contributed by atoms with Crippen molar-refractivity contribution in [3.05, 3.63) is 35.1 Å². The zero-order valence-corrected chi connectivity index (χ0v) is 9.06. The molecule has 1 amide bonds. The highest BCUT2D eigenvalue weighted by molar-refractivity contribution is 7.89. The molecule has 0 radical (unpaired) electrons. The van der Waals surface area contributed by atoms with Gasteiger partial charge >= 0.3 is 0 Å². The van der Waals surface area contributed by atoms with Gasteiger partial charge in [0.2, 0.25) is 10.0 Å². The summed E-state index contributed by atoms with van der Waals surface area (Å²) in [6.45, 7) is 1.49. The minimum absolute atomic E-state index is 0.277. The van der Waals surface area contributed by atoms with Gasteiger partial charge in [0.05, 0.1) is 11.8 Å². The van der Waals surface area contributed by atoms with Crippen molar-refractivity contribution >= 4 is 15.9 Å². The molecule has 82 valence electrons. The number of carbonyl (C=O) groups excluding carboxylic acids is 1. The Hall–Kier alpha value is -1.43. The molecule has 0 fully saturated rings. The van der Waals surface area contributed by atoms with Gasteiger partial charge in [-0.25, -0.2) is 17.5 Å². The van der Waals surface area contributed by atoms with Crippen molar-refractivity contribution in [1.82, 2.24) is 4.72 Å². The maximum Gasteiger partial charge on any atom is 0.267 e. The lowest BCUT2D eigenvalue weighted by Crippen LogP contribution is -2.30. The molecule has 1 rings (SSSR count). The normalized spacial score (nSPS) is 11.1. The molecule has 0 aliphatic rings. The molecule has 0 heterocycles. The first kappa shape index (κ1) is 11.6. The summed E-state index contributed by atoms with van der Waals surface area (Å²) in [5.74, 6) is -1.67. The molecule has 0 saturated heterocycles. The summed E-state index contributed by atoms with van der Waals surface area (Å²) in [7, 11) is -3.67. The van der Waals surface area contributed by atoms with E-state index < -0.39 is 21.7 Å². The highest BCUT2D eigenvalue weighted by atomic mass is 32.2. The van der Waals surface area contributed by atoms with E-state index in [0.29, 0.717) is 0 Å². The van der Waals surface area contributed by atoms with Gasteiger partial charge in [-0.2, -0.15) is 0 Å². The van der Waals surface area contributed by atoms with E-state index in [4.69, 9.17) is 0 Å². The number of amides is 1. The van der Waals surface area contributed by atoms with E-state index in [1.165, 1.54) is 25.1 Å². The molecular weight excluding hydrogens is 221 g/mol. The molecular formula is C9H10FNO3S. The predicted molar refractivity (Wildman–Crippen MR) is 53.4 cm³/mol. The summed E-state index contributed by atoms with van der Waals surface area (Å²) in [4.78, 5) is 11.3. The molecule has 0 aromatic heterocycles. The zero-order valence-electron chi connectivity index (χ0n) is 8.24. The Morgan fingerprint density at radius 3 is 2.53 bits per heavy atom. The van der Waals surface area contributed by atoms with Gasteiger partial charge in [-0.15, -0.1) is 0 Å². The smallest absolute Gasteiger partial charge is 0.267 e. The minimum atomic E-state index is -3.67. The summed E-state index contributed by atoms with van der Waals surface area (Å²) in [6, 6.07) is 4.20. The summed E-state index contributed by atoms with van der Waals surface area (Å²) in [5, 5.41) is 0. The number of benzene rings is 1. The molecule has 0 unspecified atom stereocenters. The van der Waals surface area contributed by atoms with Crippen LogP contribution in [0.3, 0.4) is 0 Å². The van der Waals surface area contributed by atoms with Crippen LogP contribution in [-0.4, -0.2) is 20.6 Å². The summed E-state index contributed by atoms with van der Waals surface area (Å²) in [6.07, 6.45) is 0.832. The average molecular weight is 231 g/mol. The molecule has 0 spiro atoms. The largest absolute Gasteiger partial charge is 0.268 e. The second-order valence-corrected chi connectivity index (χ2v) is 4.89. The molecule has 4 nitrogen and oxygen atoms in total. The van der Waals surface area contributed by atoms with E-state index in [2.05, 4.69) is 0 Å². The van der Waals surface area contributed by atoms with E-state index in [1.54, 1.807) is 4.72 Å². The SMILES string of the molecule is Cc1cccc(C(=O)NS(C)(=O)=O)c1F. The first-order valence-electron chi connectivity index (χ1n) is 4.08. The topological polar surface area (TPSA) is 63.2 Å². The van der Waals surface area contributed by atoms with Crippen LogP contribution in [0.2, 0.25) is 0 Å².